The molecule has 100 valence electrons. The second kappa shape index (κ2) is 5.63. The van der Waals surface area contributed by atoms with Gasteiger partial charge in [0.25, 0.3) is 0 Å². The standard InChI is InChI=1S/C13H19NO2S2/c1-3-10(8-17-2)14-12-9-18(15,16)13-7-5-4-6-11(12)13/h4-7,10,12,14H,3,8-9H2,1-2H3. The highest BCUT2D eigenvalue weighted by Crippen LogP contribution is 2.33. The van der Waals surface area contributed by atoms with Gasteiger partial charge in [0.1, 0.15) is 0 Å². The summed E-state index contributed by atoms with van der Waals surface area (Å²) in [7, 11) is -3.09. The molecule has 2 unspecified atom stereocenters. The minimum Gasteiger partial charge on any atom is -0.305 e. The number of sulfone groups is 1. The van der Waals surface area contributed by atoms with E-state index in [1.165, 1.54) is 0 Å². The van der Waals surface area contributed by atoms with Gasteiger partial charge in [0.15, 0.2) is 9.84 Å². The van der Waals surface area contributed by atoms with E-state index >= 15 is 0 Å². The van der Waals surface area contributed by atoms with E-state index < -0.39 is 9.84 Å². The Hall–Kier alpha value is -0.520. The molecule has 0 aromatic heterocycles. The zero-order valence-corrected chi connectivity index (χ0v) is 12.4. The molecule has 1 aromatic carbocycles. The molecule has 0 fully saturated rings. The molecule has 1 heterocycles. The van der Waals surface area contributed by atoms with Gasteiger partial charge in [-0.15, -0.1) is 0 Å². The first kappa shape index (κ1) is 13.9. The first-order valence-electron chi connectivity index (χ1n) is 6.15. The maximum atomic E-state index is 12.0. The van der Waals surface area contributed by atoms with Crippen molar-refractivity contribution in [1.82, 2.24) is 5.32 Å². The van der Waals surface area contributed by atoms with Crippen LogP contribution in [0.4, 0.5) is 0 Å². The van der Waals surface area contributed by atoms with Crippen molar-refractivity contribution < 1.29 is 8.42 Å². The van der Waals surface area contributed by atoms with Gasteiger partial charge in [0.2, 0.25) is 0 Å². The van der Waals surface area contributed by atoms with Crippen LogP contribution in [0.25, 0.3) is 0 Å². The zero-order valence-electron chi connectivity index (χ0n) is 10.7. The molecule has 1 aliphatic heterocycles. The third kappa shape index (κ3) is 2.73. The summed E-state index contributed by atoms with van der Waals surface area (Å²) in [6.07, 6.45) is 3.09. The lowest BCUT2D eigenvalue weighted by atomic mass is 10.1. The molecule has 0 spiro atoms. The van der Waals surface area contributed by atoms with Crippen LogP contribution in [-0.4, -0.2) is 32.2 Å². The van der Waals surface area contributed by atoms with Crippen molar-refractivity contribution in [2.75, 3.05) is 17.8 Å². The average Bonchev–Trinajstić information content (AvgIpc) is 2.61. The largest absolute Gasteiger partial charge is 0.305 e. The van der Waals surface area contributed by atoms with Crippen LogP contribution in [0.2, 0.25) is 0 Å². The molecule has 1 N–H and O–H groups in total. The Morgan fingerprint density at radius 1 is 1.44 bits per heavy atom. The van der Waals surface area contributed by atoms with Gasteiger partial charge < -0.3 is 5.32 Å². The first-order chi connectivity index (χ1) is 8.58. The number of nitrogens with one attached hydrogen (secondary N) is 1. The molecule has 2 rings (SSSR count). The summed E-state index contributed by atoms with van der Waals surface area (Å²) in [6.45, 7) is 2.13. The lowest BCUT2D eigenvalue weighted by molar-refractivity contribution is 0.477. The summed E-state index contributed by atoms with van der Waals surface area (Å²) in [6, 6.07) is 7.64. The van der Waals surface area contributed by atoms with Gasteiger partial charge in [-0.3, -0.25) is 0 Å². The smallest absolute Gasteiger partial charge is 0.180 e. The first-order valence-corrected chi connectivity index (χ1v) is 9.19. The highest BCUT2D eigenvalue weighted by Gasteiger charge is 2.34. The van der Waals surface area contributed by atoms with Crippen LogP contribution >= 0.6 is 11.8 Å². The second-order valence-electron chi connectivity index (χ2n) is 4.60. The fourth-order valence-electron chi connectivity index (χ4n) is 2.36. The SMILES string of the molecule is CCC(CSC)NC1CS(=O)(=O)c2ccccc21. The molecule has 2 atom stereocenters. The molecule has 0 aliphatic carbocycles. The van der Waals surface area contributed by atoms with Crippen LogP contribution in [0.5, 0.6) is 0 Å². The molecule has 3 nitrogen and oxygen atoms in total. The highest BCUT2D eigenvalue weighted by molar-refractivity contribution is 7.98. The maximum Gasteiger partial charge on any atom is 0.180 e. The molecule has 5 heteroatoms. The monoisotopic (exact) mass is 285 g/mol. The van der Waals surface area contributed by atoms with E-state index in [9.17, 15) is 8.42 Å². The topological polar surface area (TPSA) is 46.2 Å². The third-order valence-corrected chi connectivity index (χ3v) is 5.86. The van der Waals surface area contributed by atoms with Gasteiger partial charge in [-0.05, 0) is 24.3 Å². The Balaban J connectivity index is 2.22. The van der Waals surface area contributed by atoms with Crippen molar-refractivity contribution >= 4 is 21.6 Å². The van der Waals surface area contributed by atoms with Crippen molar-refractivity contribution in [3.63, 3.8) is 0 Å². The predicted molar refractivity (Wildman–Crippen MR) is 76.8 cm³/mol. The van der Waals surface area contributed by atoms with Crippen molar-refractivity contribution in [2.45, 2.75) is 30.3 Å². The second-order valence-corrected chi connectivity index (χ2v) is 7.51. The van der Waals surface area contributed by atoms with E-state index in [1.807, 2.05) is 12.1 Å². The third-order valence-electron chi connectivity index (χ3n) is 3.31. The highest BCUT2D eigenvalue weighted by atomic mass is 32.2. The number of fused-ring (bicyclic) bond motifs is 1. The molecule has 1 aliphatic rings. The minimum absolute atomic E-state index is 0.0525. The fourth-order valence-corrected chi connectivity index (χ4v) is 4.84. The molecule has 0 bridgehead atoms. The average molecular weight is 285 g/mol. The van der Waals surface area contributed by atoms with Crippen molar-refractivity contribution in [2.24, 2.45) is 0 Å². The zero-order chi connectivity index (χ0) is 13.2. The van der Waals surface area contributed by atoms with Gasteiger partial charge in [-0.2, -0.15) is 11.8 Å². The predicted octanol–water partition coefficient (Wildman–Crippen LogP) is 2.25. The van der Waals surface area contributed by atoms with Crippen molar-refractivity contribution in [3.05, 3.63) is 29.8 Å². The summed E-state index contributed by atoms with van der Waals surface area (Å²) in [5.41, 5.74) is 0.928. The Labute approximate surface area is 113 Å². The van der Waals surface area contributed by atoms with Crippen LogP contribution < -0.4 is 5.32 Å². The van der Waals surface area contributed by atoms with E-state index in [0.717, 1.165) is 17.7 Å². The fraction of sp³-hybridized carbons (Fsp3) is 0.538. The van der Waals surface area contributed by atoms with Gasteiger partial charge in [-0.1, -0.05) is 25.1 Å². The van der Waals surface area contributed by atoms with E-state index in [-0.39, 0.29) is 11.8 Å². The summed E-state index contributed by atoms with van der Waals surface area (Å²) < 4.78 is 24.1. The summed E-state index contributed by atoms with van der Waals surface area (Å²) in [5.74, 6) is 1.20. The Morgan fingerprint density at radius 3 is 2.83 bits per heavy atom. The van der Waals surface area contributed by atoms with Crippen LogP contribution in [0.3, 0.4) is 0 Å². The minimum atomic E-state index is -3.09. The molecular weight excluding hydrogens is 266 g/mol. The van der Waals surface area contributed by atoms with Crippen LogP contribution in [0, 0.1) is 0 Å². The Bertz CT molecular complexity index is 513. The van der Waals surface area contributed by atoms with Crippen molar-refractivity contribution in [1.29, 1.82) is 0 Å². The van der Waals surface area contributed by atoms with Gasteiger partial charge >= 0.3 is 0 Å². The molecule has 0 saturated heterocycles. The normalized spacial score (nSPS) is 22.7. The number of hydrogen-bond donors (Lipinski definition) is 1. The van der Waals surface area contributed by atoms with Crippen LogP contribution in [0.1, 0.15) is 24.9 Å². The Kier molecular flexibility index (Phi) is 4.35. The number of benzene rings is 1. The van der Waals surface area contributed by atoms with Crippen molar-refractivity contribution in [3.8, 4) is 0 Å². The summed E-state index contributed by atoms with van der Waals surface area (Å²) >= 11 is 1.79. The molecule has 1 aromatic rings. The van der Waals surface area contributed by atoms with Gasteiger partial charge in [0, 0.05) is 17.8 Å². The lowest BCUT2D eigenvalue weighted by Gasteiger charge is -2.21. The Morgan fingerprint density at radius 2 is 2.17 bits per heavy atom. The maximum absolute atomic E-state index is 12.0. The number of rotatable bonds is 5. The molecule has 0 radical (unpaired) electrons. The molecule has 18 heavy (non-hydrogen) atoms. The number of thioether (sulfide) groups is 1. The molecular formula is C13H19NO2S2. The number of hydrogen-bond acceptors (Lipinski definition) is 4. The van der Waals surface area contributed by atoms with E-state index in [1.54, 1.807) is 23.9 Å². The molecule has 0 saturated carbocycles. The van der Waals surface area contributed by atoms with Crippen LogP contribution in [0.15, 0.2) is 29.2 Å². The summed E-state index contributed by atoms with van der Waals surface area (Å²) in [4.78, 5) is 0.501. The quantitative estimate of drug-likeness (QED) is 0.901. The van der Waals surface area contributed by atoms with Gasteiger partial charge in [0.05, 0.1) is 10.6 Å². The summed E-state index contributed by atoms with van der Waals surface area (Å²) in [5, 5.41) is 3.48. The van der Waals surface area contributed by atoms with Crippen LogP contribution in [-0.2, 0) is 9.84 Å². The lowest BCUT2D eigenvalue weighted by Crippen LogP contribution is -2.35. The van der Waals surface area contributed by atoms with Gasteiger partial charge in [-0.25, -0.2) is 8.42 Å². The van der Waals surface area contributed by atoms with E-state index in [2.05, 4.69) is 18.5 Å². The van der Waals surface area contributed by atoms with E-state index in [0.29, 0.717) is 10.9 Å². The molecule has 0 amide bonds. The van der Waals surface area contributed by atoms with E-state index in [4.69, 9.17) is 0 Å².